The number of hydrogen-bond acceptors (Lipinski definition) is 4. The van der Waals surface area contributed by atoms with E-state index < -0.39 is 0 Å². The van der Waals surface area contributed by atoms with Crippen LogP contribution in [0.1, 0.15) is 10.4 Å². The van der Waals surface area contributed by atoms with Crippen LogP contribution in [0.2, 0.25) is 5.02 Å². The third-order valence-corrected chi connectivity index (χ3v) is 3.44. The second kappa shape index (κ2) is 6.78. The minimum absolute atomic E-state index is 0.291. The number of anilines is 1. The molecule has 0 aliphatic heterocycles. The summed E-state index contributed by atoms with van der Waals surface area (Å²) >= 11 is 9.25. The van der Waals surface area contributed by atoms with Crippen molar-refractivity contribution in [3.63, 3.8) is 0 Å². The van der Waals surface area contributed by atoms with Gasteiger partial charge in [-0.15, -0.1) is 0 Å². The minimum atomic E-state index is -0.291. The number of pyridine rings is 1. The normalized spacial score (nSPS) is 10.1. The molecule has 5 nitrogen and oxygen atoms in total. The molecule has 0 spiro atoms. The number of hydrogen-bond donors (Lipinski definition) is 1. The molecule has 1 amide bonds. The van der Waals surface area contributed by atoms with Crippen molar-refractivity contribution in [3.8, 4) is 11.5 Å². The SMILES string of the molecule is COc1cc(NC(=O)c2ccnc(Br)c2)c(OC)cc1Cl. The third-order valence-electron chi connectivity index (χ3n) is 2.71. The largest absolute Gasteiger partial charge is 0.495 e. The average molecular weight is 372 g/mol. The molecule has 2 rings (SSSR count). The van der Waals surface area contributed by atoms with E-state index in [1.54, 1.807) is 30.5 Å². The Morgan fingerprint density at radius 1 is 1.24 bits per heavy atom. The van der Waals surface area contributed by atoms with E-state index in [9.17, 15) is 4.79 Å². The lowest BCUT2D eigenvalue weighted by Crippen LogP contribution is -2.13. The molecular formula is C14H12BrClN2O3. The summed E-state index contributed by atoms with van der Waals surface area (Å²) in [5.74, 6) is 0.603. The molecule has 0 unspecified atom stereocenters. The molecule has 21 heavy (non-hydrogen) atoms. The zero-order valence-corrected chi connectivity index (χ0v) is 13.7. The highest BCUT2D eigenvalue weighted by Crippen LogP contribution is 2.36. The summed E-state index contributed by atoms with van der Waals surface area (Å²) in [7, 11) is 3.00. The molecule has 0 radical (unpaired) electrons. The smallest absolute Gasteiger partial charge is 0.255 e. The van der Waals surface area contributed by atoms with Crippen LogP contribution in [0.15, 0.2) is 35.1 Å². The first-order valence-electron chi connectivity index (χ1n) is 5.89. The number of methoxy groups -OCH3 is 2. The maximum Gasteiger partial charge on any atom is 0.255 e. The number of ether oxygens (including phenoxy) is 2. The minimum Gasteiger partial charge on any atom is -0.495 e. The fourth-order valence-corrected chi connectivity index (χ4v) is 2.29. The third kappa shape index (κ3) is 3.65. The first-order valence-corrected chi connectivity index (χ1v) is 7.06. The summed E-state index contributed by atoms with van der Waals surface area (Å²) < 4.78 is 10.9. The Labute approximate surface area is 135 Å². The van der Waals surface area contributed by atoms with Gasteiger partial charge in [0.2, 0.25) is 0 Å². The highest BCUT2D eigenvalue weighted by atomic mass is 79.9. The van der Waals surface area contributed by atoms with E-state index in [2.05, 4.69) is 26.2 Å². The molecule has 0 bridgehead atoms. The monoisotopic (exact) mass is 370 g/mol. The lowest BCUT2D eigenvalue weighted by molar-refractivity contribution is 0.102. The summed E-state index contributed by atoms with van der Waals surface area (Å²) in [6, 6.07) is 6.42. The number of carbonyl (C=O) groups excluding carboxylic acids is 1. The van der Waals surface area contributed by atoms with Crippen molar-refractivity contribution in [2.24, 2.45) is 0 Å². The molecule has 7 heteroatoms. The van der Waals surface area contributed by atoms with Crippen LogP contribution >= 0.6 is 27.5 Å². The van der Waals surface area contributed by atoms with Crippen LogP contribution in [-0.4, -0.2) is 25.1 Å². The van der Waals surface area contributed by atoms with Gasteiger partial charge >= 0.3 is 0 Å². The van der Waals surface area contributed by atoms with E-state index in [0.29, 0.717) is 32.4 Å². The van der Waals surface area contributed by atoms with Crippen LogP contribution in [0, 0.1) is 0 Å². The van der Waals surface area contributed by atoms with Crippen molar-refractivity contribution in [3.05, 3.63) is 45.7 Å². The van der Waals surface area contributed by atoms with Gasteiger partial charge in [-0.05, 0) is 28.1 Å². The average Bonchev–Trinajstić information content (AvgIpc) is 2.48. The number of nitrogens with zero attached hydrogens (tertiary/aromatic N) is 1. The highest BCUT2D eigenvalue weighted by Gasteiger charge is 2.14. The Balaban J connectivity index is 2.32. The molecular weight excluding hydrogens is 360 g/mol. The van der Waals surface area contributed by atoms with Crippen LogP contribution < -0.4 is 14.8 Å². The van der Waals surface area contributed by atoms with Crippen LogP contribution in [0.4, 0.5) is 5.69 Å². The molecule has 110 valence electrons. The topological polar surface area (TPSA) is 60.5 Å². The summed E-state index contributed by atoms with van der Waals surface area (Å²) in [4.78, 5) is 16.2. The van der Waals surface area contributed by atoms with Crippen molar-refractivity contribution in [2.75, 3.05) is 19.5 Å². The van der Waals surface area contributed by atoms with Crippen molar-refractivity contribution < 1.29 is 14.3 Å². The molecule has 1 aromatic carbocycles. The molecule has 1 aromatic heterocycles. The predicted molar refractivity (Wildman–Crippen MR) is 84.4 cm³/mol. The quantitative estimate of drug-likeness (QED) is 0.831. The van der Waals surface area contributed by atoms with Crippen molar-refractivity contribution in [1.82, 2.24) is 4.98 Å². The van der Waals surface area contributed by atoms with Gasteiger partial charge in [0.1, 0.15) is 16.1 Å². The highest BCUT2D eigenvalue weighted by molar-refractivity contribution is 9.10. The number of aromatic nitrogens is 1. The Morgan fingerprint density at radius 2 is 1.95 bits per heavy atom. The fourth-order valence-electron chi connectivity index (χ4n) is 1.70. The van der Waals surface area contributed by atoms with E-state index in [-0.39, 0.29) is 5.91 Å². The van der Waals surface area contributed by atoms with Gasteiger partial charge in [0.15, 0.2) is 0 Å². The molecule has 1 N–H and O–H groups in total. The Kier molecular flexibility index (Phi) is 5.03. The van der Waals surface area contributed by atoms with Gasteiger partial charge in [0.25, 0.3) is 5.91 Å². The number of benzene rings is 1. The molecule has 0 aliphatic rings. The van der Waals surface area contributed by atoms with Crippen molar-refractivity contribution in [2.45, 2.75) is 0 Å². The fraction of sp³-hybridized carbons (Fsp3) is 0.143. The lowest BCUT2D eigenvalue weighted by atomic mass is 10.2. The molecule has 0 atom stereocenters. The van der Waals surface area contributed by atoms with Crippen molar-refractivity contribution in [1.29, 1.82) is 0 Å². The Hall–Kier alpha value is -1.79. The second-order valence-corrected chi connectivity index (χ2v) is 5.23. The Morgan fingerprint density at radius 3 is 2.57 bits per heavy atom. The summed E-state index contributed by atoms with van der Waals surface area (Å²) in [5, 5.41) is 3.16. The second-order valence-electron chi connectivity index (χ2n) is 4.01. The van der Waals surface area contributed by atoms with E-state index in [1.165, 1.54) is 14.2 Å². The molecule has 0 saturated heterocycles. The molecule has 1 heterocycles. The van der Waals surface area contributed by atoms with Gasteiger partial charge in [0.05, 0.1) is 24.9 Å². The van der Waals surface area contributed by atoms with Crippen LogP contribution in [-0.2, 0) is 0 Å². The maximum atomic E-state index is 12.2. The zero-order valence-electron chi connectivity index (χ0n) is 11.3. The van der Waals surface area contributed by atoms with Gasteiger partial charge in [0, 0.05) is 23.9 Å². The number of rotatable bonds is 4. The number of amides is 1. The van der Waals surface area contributed by atoms with Gasteiger partial charge in [-0.25, -0.2) is 4.98 Å². The predicted octanol–water partition coefficient (Wildman–Crippen LogP) is 3.77. The molecule has 2 aromatic rings. The van der Waals surface area contributed by atoms with Gasteiger partial charge in [-0.3, -0.25) is 4.79 Å². The molecule has 0 saturated carbocycles. The van der Waals surface area contributed by atoms with E-state index in [4.69, 9.17) is 21.1 Å². The summed E-state index contributed by atoms with van der Waals surface area (Å²) in [6.45, 7) is 0. The van der Waals surface area contributed by atoms with Gasteiger partial charge < -0.3 is 14.8 Å². The lowest BCUT2D eigenvalue weighted by Gasteiger charge is -2.13. The summed E-state index contributed by atoms with van der Waals surface area (Å²) in [5.41, 5.74) is 0.935. The van der Waals surface area contributed by atoms with E-state index >= 15 is 0 Å². The number of halogens is 2. The van der Waals surface area contributed by atoms with Crippen LogP contribution in [0.3, 0.4) is 0 Å². The van der Waals surface area contributed by atoms with Gasteiger partial charge in [-0.2, -0.15) is 0 Å². The standard InChI is InChI=1S/C14H12BrClN2O3/c1-20-11-7-10(12(21-2)6-9(11)16)18-14(19)8-3-4-17-13(15)5-8/h3-7H,1-2H3,(H,18,19). The molecule has 0 fully saturated rings. The maximum absolute atomic E-state index is 12.2. The first-order chi connectivity index (χ1) is 10.0. The van der Waals surface area contributed by atoms with Crippen molar-refractivity contribution >= 4 is 39.1 Å². The number of carbonyl (C=O) groups is 1. The van der Waals surface area contributed by atoms with Crippen LogP contribution in [0.5, 0.6) is 11.5 Å². The summed E-state index contributed by atoms with van der Waals surface area (Å²) in [6.07, 6.45) is 1.54. The number of nitrogens with one attached hydrogen (secondary N) is 1. The Bertz CT molecular complexity index is 679. The van der Waals surface area contributed by atoms with E-state index in [1.807, 2.05) is 0 Å². The molecule has 0 aliphatic carbocycles. The van der Waals surface area contributed by atoms with E-state index in [0.717, 1.165) is 0 Å². The van der Waals surface area contributed by atoms with Crippen LogP contribution in [0.25, 0.3) is 0 Å². The zero-order chi connectivity index (χ0) is 15.4. The first kappa shape index (κ1) is 15.6. The van der Waals surface area contributed by atoms with Gasteiger partial charge in [-0.1, -0.05) is 11.6 Å².